The molecule has 1 aromatic carbocycles. The average Bonchev–Trinajstić information content (AvgIpc) is 2.76. The zero-order valence-corrected chi connectivity index (χ0v) is 11.9. The maximum atomic E-state index is 3.58. The molecular formula is C16H23N3. The highest BCUT2D eigenvalue weighted by atomic mass is 15.1. The molecule has 0 atom stereocenters. The van der Waals surface area contributed by atoms with Gasteiger partial charge in [0.25, 0.3) is 0 Å². The number of fused-ring (bicyclic) bond motifs is 3. The predicted octanol–water partition coefficient (Wildman–Crippen LogP) is 2.48. The lowest BCUT2D eigenvalue weighted by molar-refractivity contribution is 0.238. The third-order valence-corrected chi connectivity index (χ3v) is 4.04. The minimum Gasteiger partial charge on any atom is -0.358 e. The number of nitrogens with one attached hydrogen (secondary N) is 1. The molecule has 2 heterocycles. The van der Waals surface area contributed by atoms with Gasteiger partial charge in [-0.25, -0.2) is 0 Å². The largest absolute Gasteiger partial charge is 0.358 e. The van der Waals surface area contributed by atoms with Crippen LogP contribution in [0.15, 0.2) is 24.3 Å². The maximum Gasteiger partial charge on any atom is 0.0459 e. The van der Waals surface area contributed by atoms with Gasteiger partial charge in [0.05, 0.1) is 0 Å². The molecule has 0 saturated heterocycles. The van der Waals surface area contributed by atoms with Crippen molar-refractivity contribution in [2.45, 2.75) is 19.4 Å². The van der Waals surface area contributed by atoms with Crippen LogP contribution in [0.2, 0.25) is 0 Å². The molecule has 0 saturated carbocycles. The van der Waals surface area contributed by atoms with Crippen molar-refractivity contribution in [3.8, 4) is 0 Å². The molecule has 0 aliphatic carbocycles. The third kappa shape index (κ3) is 2.67. The Balaban J connectivity index is 1.72. The van der Waals surface area contributed by atoms with E-state index in [4.69, 9.17) is 0 Å². The van der Waals surface area contributed by atoms with Gasteiger partial charge in [-0.15, -0.1) is 0 Å². The molecule has 1 aliphatic heterocycles. The lowest BCUT2D eigenvalue weighted by Gasteiger charge is -2.27. The molecule has 3 rings (SSSR count). The number of aromatic nitrogens is 1. The molecule has 102 valence electrons. The highest BCUT2D eigenvalue weighted by molar-refractivity contribution is 5.84. The summed E-state index contributed by atoms with van der Waals surface area (Å²) in [5.41, 5.74) is 4.26. The first kappa shape index (κ1) is 12.7. The summed E-state index contributed by atoms with van der Waals surface area (Å²) in [6.45, 7) is 4.67. The summed E-state index contributed by atoms with van der Waals surface area (Å²) in [4.78, 5) is 8.43. The van der Waals surface area contributed by atoms with Gasteiger partial charge in [-0.3, -0.25) is 4.90 Å². The van der Waals surface area contributed by atoms with Gasteiger partial charge >= 0.3 is 0 Å². The van der Waals surface area contributed by atoms with Gasteiger partial charge in [-0.1, -0.05) is 18.2 Å². The van der Waals surface area contributed by atoms with E-state index in [-0.39, 0.29) is 0 Å². The lowest BCUT2D eigenvalue weighted by atomic mass is 10.0. The zero-order valence-electron chi connectivity index (χ0n) is 11.9. The van der Waals surface area contributed by atoms with Crippen molar-refractivity contribution in [3.63, 3.8) is 0 Å². The fraction of sp³-hybridized carbons (Fsp3) is 0.500. The van der Waals surface area contributed by atoms with E-state index < -0.39 is 0 Å². The SMILES string of the molecule is CN(C)CCCN1CCc2[nH]c3ccccc3c2C1. The summed E-state index contributed by atoms with van der Waals surface area (Å²) in [5, 5.41) is 1.41. The van der Waals surface area contributed by atoms with Gasteiger partial charge in [-0.2, -0.15) is 0 Å². The smallest absolute Gasteiger partial charge is 0.0459 e. The number of rotatable bonds is 4. The van der Waals surface area contributed by atoms with Gasteiger partial charge in [0.2, 0.25) is 0 Å². The maximum absolute atomic E-state index is 3.58. The van der Waals surface area contributed by atoms with Crippen molar-refractivity contribution in [2.75, 3.05) is 33.7 Å². The number of hydrogen-bond acceptors (Lipinski definition) is 2. The van der Waals surface area contributed by atoms with Crippen molar-refractivity contribution in [1.29, 1.82) is 0 Å². The molecule has 0 fully saturated rings. The van der Waals surface area contributed by atoms with Crippen LogP contribution in [0.3, 0.4) is 0 Å². The molecule has 0 bridgehead atoms. The molecule has 1 aromatic heterocycles. The highest BCUT2D eigenvalue weighted by Crippen LogP contribution is 2.27. The van der Waals surface area contributed by atoms with Crippen molar-refractivity contribution in [3.05, 3.63) is 35.5 Å². The lowest BCUT2D eigenvalue weighted by Crippen LogP contribution is -2.32. The van der Waals surface area contributed by atoms with E-state index in [0.29, 0.717) is 0 Å². The number of H-pyrrole nitrogens is 1. The Labute approximate surface area is 115 Å². The van der Waals surface area contributed by atoms with Crippen LogP contribution in [0, 0.1) is 0 Å². The second-order valence-corrected chi connectivity index (χ2v) is 5.81. The van der Waals surface area contributed by atoms with E-state index in [0.717, 1.165) is 13.0 Å². The topological polar surface area (TPSA) is 22.3 Å². The summed E-state index contributed by atoms with van der Waals surface area (Å²) >= 11 is 0. The van der Waals surface area contributed by atoms with Crippen LogP contribution < -0.4 is 0 Å². The van der Waals surface area contributed by atoms with Crippen LogP contribution in [0.4, 0.5) is 0 Å². The van der Waals surface area contributed by atoms with Gasteiger partial charge in [0.1, 0.15) is 0 Å². The van der Waals surface area contributed by atoms with E-state index in [9.17, 15) is 0 Å². The Morgan fingerprint density at radius 1 is 1.26 bits per heavy atom. The van der Waals surface area contributed by atoms with E-state index in [2.05, 4.69) is 53.1 Å². The Bertz CT molecular complexity index is 556. The minimum absolute atomic E-state index is 1.10. The zero-order chi connectivity index (χ0) is 13.2. The van der Waals surface area contributed by atoms with Crippen molar-refractivity contribution in [2.24, 2.45) is 0 Å². The molecule has 1 N–H and O–H groups in total. The second kappa shape index (κ2) is 5.35. The van der Waals surface area contributed by atoms with Crippen LogP contribution in [-0.4, -0.2) is 48.5 Å². The summed E-state index contributed by atoms with van der Waals surface area (Å²) in [7, 11) is 4.29. The molecule has 0 unspecified atom stereocenters. The van der Waals surface area contributed by atoms with Crippen LogP contribution >= 0.6 is 0 Å². The van der Waals surface area contributed by atoms with Crippen LogP contribution in [0.25, 0.3) is 10.9 Å². The Morgan fingerprint density at radius 2 is 2.11 bits per heavy atom. The number of nitrogens with zero attached hydrogens (tertiary/aromatic N) is 2. The predicted molar refractivity (Wildman–Crippen MR) is 80.5 cm³/mol. The summed E-state index contributed by atoms with van der Waals surface area (Å²) < 4.78 is 0. The fourth-order valence-corrected chi connectivity index (χ4v) is 3.02. The van der Waals surface area contributed by atoms with Gasteiger partial charge in [0, 0.05) is 36.1 Å². The number of benzene rings is 1. The highest BCUT2D eigenvalue weighted by Gasteiger charge is 2.19. The molecule has 3 nitrogen and oxygen atoms in total. The van der Waals surface area contributed by atoms with Crippen LogP contribution in [0.5, 0.6) is 0 Å². The first-order chi connectivity index (χ1) is 9.24. The molecule has 3 heteroatoms. The first-order valence-electron chi connectivity index (χ1n) is 7.19. The van der Waals surface area contributed by atoms with Gasteiger partial charge in [-0.05, 0) is 45.2 Å². The van der Waals surface area contributed by atoms with Gasteiger partial charge < -0.3 is 9.88 Å². The fourth-order valence-electron chi connectivity index (χ4n) is 3.02. The summed E-state index contributed by atoms with van der Waals surface area (Å²) in [6.07, 6.45) is 2.41. The molecule has 1 aliphatic rings. The second-order valence-electron chi connectivity index (χ2n) is 5.81. The van der Waals surface area contributed by atoms with Crippen molar-refractivity contribution in [1.82, 2.24) is 14.8 Å². The standard InChI is InChI=1S/C16H23N3/c1-18(2)9-5-10-19-11-8-16-14(12-19)13-6-3-4-7-15(13)17-16/h3-4,6-7,17H,5,8-12H2,1-2H3. The Kier molecular flexibility index (Phi) is 3.58. The molecule has 0 radical (unpaired) electrons. The molecular weight excluding hydrogens is 234 g/mol. The first-order valence-corrected chi connectivity index (χ1v) is 7.19. The normalized spacial score (nSPS) is 16.2. The van der Waals surface area contributed by atoms with E-state index in [1.807, 2.05) is 0 Å². The number of hydrogen-bond donors (Lipinski definition) is 1. The Hall–Kier alpha value is -1.32. The summed E-state index contributed by atoms with van der Waals surface area (Å²) in [5.74, 6) is 0. The minimum atomic E-state index is 1.10. The molecule has 2 aromatic rings. The van der Waals surface area contributed by atoms with E-state index in [1.54, 1.807) is 0 Å². The van der Waals surface area contributed by atoms with E-state index in [1.165, 1.54) is 48.2 Å². The third-order valence-electron chi connectivity index (χ3n) is 4.04. The quantitative estimate of drug-likeness (QED) is 0.909. The molecule has 0 spiro atoms. The summed E-state index contributed by atoms with van der Waals surface area (Å²) in [6, 6.07) is 8.68. The van der Waals surface area contributed by atoms with Crippen molar-refractivity contribution >= 4 is 10.9 Å². The Morgan fingerprint density at radius 3 is 2.95 bits per heavy atom. The number of para-hydroxylation sites is 1. The van der Waals surface area contributed by atoms with Crippen LogP contribution in [0.1, 0.15) is 17.7 Å². The van der Waals surface area contributed by atoms with E-state index >= 15 is 0 Å². The molecule has 0 amide bonds. The number of aromatic amines is 1. The molecule has 19 heavy (non-hydrogen) atoms. The van der Waals surface area contributed by atoms with Crippen molar-refractivity contribution < 1.29 is 0 Å². The monoisotopic (exact) mass is 257 g/mol. The average molecular weight is 257 g/mol. The van der Waals surface area contributed by atoms with Gasteiger partial charge in [0.15, 0.2) is 0 Å². The van der Waals surface area contributed by atoms with Crippen LogP contribution in [-0.2, 0) is 13.0 Å².